The third-order valence-corrected chi connectivity index (χ3v) is 5.33. The molecule has 2 rings (SSSR count). The highest BCUT2D eigenvalue weighted by Crippen LogP contribution is 2.38. The maximum atomic E-state index is 12.8. The molecule has 0 unspecified atom stereocenters. The third kappa shape index (κ3) is 3.10. The van der Waals surface area contributed by atoms with Crippen LogP contribution in [-0.2, 0) is 4.79 Å². The lowest BCUT2D eigenvalue weighted by molar-refractivity contribution is -0.138. The van der Waals surface area contributed by atoms with Crippen LogP contribution in [0.25, 0.3) is 0 Å². The molecular weight excluding hydrogens is 256 g/mol. The Morgan fingerprint density at radius 2 is 1.79 bits per heavy atom. The van der Waals surface area contributed by atoms with Crippen molar-refractivity contribution >= 4 is 23.1 Å². The average molecular weight is 282 g/mol. The number of nitrogens with zero attached hydrogens (tertiary/aromatic N) is 1. The van der Waals surface area contributed by atoms with Gasteiger partial charge in [0.05, 0.1) is 10.4 Å². The molecule has 108 valence electrons. The molecule has 2 N–H and O–H groups in total. The molecule has 0 radical (unpaired) electrons. The third-order valence-electron chi connectivity index (χ3n) is 4.94. The Labute approximate surface area is 121 Å². The zero-order valence-corrected chi connectivity index (χ0v) is 12.8. The minimum absolute atomic E-state index is 0.173. The summed E-state index contributed by atoms with van der Waals surface area (Å²) in [7, 11) is 1.93. The second kappa shape index (κ2) is 6.21. The molecule has 0 saturated heterocycles. The maximum absolute atomic E-state index is 12.8. The number of thiocarbonyl (C=S) groups is 1. The first-order valence-electron chi connectivity index (χ1n) is 7.62. The molecule has 0 aliphatic heterocycles. The Morgan fingerprint density at radius 3 is 2.32 bits per heavy atom. The molecule has 19 heavy (non-hydrogen) atoms. The zero-order valence-electron chi connectivity index (χ0n) is 12.0. The largest absolute Gasteiger partial charge is 0.392 e. The van der Waals surface area contributed by atoms with E-state index in [0.29, 0.717) is 10.9 Å². The monoisotopic (exact) mass is 282 g/mol. The minimum atomic E-state index is -0.541. The highest BCUT2D eigenvalue weighted by atomic mass is 32.1. The molecule has 2 saturated carbocycles. The summed E-state index contributed by atoms with van der Waals surface area (Å²) in [6.07, 6.45) is 10.2. The van der Waals surface area contributed by atoms with Crippen molar-refractivity contribution in [1.82, 2.24) is 4.90 Å². The first-order chi connectivity index (χ1) is 9.06. The summed E-state index contributed by atoms with van der Waals surface area (Å²) in [5.74, 6) is 0.854. The van der Waals surface area contributed by atoms with Crippen LogP contribution in [0.3, 0.4) is 0 Å². The summed E-state index contributed by atoms with van der Waals surface area (Å²) in [5, 5.41) is 0. The van der Waals surface area contributed by atoms with Crippen molar-refractivity contribution < 1.29 is 4.79 Å². The van der Waals surface area contributed by atoms with Crippen LogP contribution < -0.4 is 5.73 Å². The summed E-state index contributed by atoms with van der Waals surface area (Å²) in [6, 6.07) is 0. The average Bonchev–Trinajstić information content (AvgIpc) is 2.91. The van der Waals surface area contributed by atoms with Crippen LogP contribution in [-0.4, -0.2) is 29.4 Å². The lowest BCUT2D eigenvalue weighted by Crippen LogP contribution is -2.51. The molecule has 0 aromatic heterocycles. The molecule has 4 heteroatoms. The van der Waals surface area contributed by atoms with Crippen molar-refractivity contribution in [2.75, 3.05) is 13.6 Å². The number of hydrogen-bond donors (Lipinski definition) is 1. The van der Waals surface area contributed by atoms with Gasteiger partial charge in [0, 0.05) is 13.6 Å². The van der Waals surface area contributed by atoms with Gasteiger partial charge in [-0.25, -0.2) is 0 Å². The number of carbonyl (C=O) groups is 1. The molecule has 2 aliphatic rings. The van der Waals surface area contributed by atoms with E-state index in [4.69, 9.17) is 18.0 Å². The Bertz CT molecular complexity index is 344. The fourth-order valence-corrected chi connectivity index (χ4v) is 4.04. The molecular formula is C15H26N2OS. The second-order valence-electron chi connectivity index (χ2n) is 6.34. The molecule has 0 aromatic carbocycles. The van der Waals surface area contributed by atoms with E-state index in [9.17, 15) is 4.79 Å². The van der Waals surface area contributed by atoms with Crippen molar-refractivity contribution in [3.05, 3.63) is 0 Å². The minimum Gasteiger partial charge on any atom is -0.392 e. The Hall–Kier alpha value is -0.640. The molecule has 2 fully saturated rings. The van der Waals surface area contributed by atoms with Crippen LogP contribution in [0, 0.1) is 11.3 Å². The van der Waals surface area contributed by atoms with Crippen LogP contribution in [0.1, 0.15) is 57.8 Å². The van der Waals surface area contributed by atoms with E-state index in [1.54, 1.807) is 0 Å². The number of rotatable bonds is 4. The van der Waals surface area contributed by atoms with Crippen molar-refractivity contribution in [2.24, 2.45) is 17.1 Å². The van der Waals surface area contributed by atoms with Crippen molar-refractivity contribution in [3.63, 3.8) is 0 Å². The standard InChI is InChI=1S/C15H26N2OS/c1-17(11-12-7-3-4-8-12)14(18)15(13(16)19)9-5-2-6-10-15/h12H,2-11H2,1H3,(H2,16,19). The summed E-state index contributed by atoms with van der Waals surface area (Å²) in [4.78, 5) is 15.1. The van der Waals surface area contributed by atoms with Crippen LogP contribution in [0.5, 0.6) is 0 Å². The lowest BCUT2D eigenvalue weighted by atomic mass is 9.73. The van der Waals surface area contributed by atoms with Gasteiger partial charge in [0.1, 0.15) is 0 Å². The van der Waals surface area contributed by atoms with Crippen LogP contribution in [0.2, 0.25) is 0 Å². The highest BCUT2D eigenvalue weighted by Gasteiger charge is 2.44. The van der Waals surface area contributed by atoms with E-state index < -0.39 is 5.41 Å². The quantitative estimate of drug-likeness (QED) is 0.807. The summed E-state index contributed by atoms with van der Waals surface area (Å²) < 4.78 is 0. The second-order valence-corrected chi connectivity index (χ2v) is 6.78. The number of carbonyl (C=O) groups excluding carboxylic acids is 1. The van der Waals surface area contributed by atoms with E-state index >= 15 is 0 Å². The van der Waals surface area contributed by atoms with Gasteiger partial charge in [-0.05, 0) is 31.6 Å². The molecule has 0 aromatic rings. The predicted octanol–water partition coefficient (Wildman–Crippen LogP) is 2.87. The maximum Gasteiger partial charge on any atom is 0.235 e. The summed E-state index contributed by atoms with van der Waals surface area (Å²) in [6.45, 7) is 0.878. The SMILES string of the molecule is CN(CC1CCCC1)C(=O)C1(C(N)=S)CCCCC1. The van der Waals surface area contributed by atoms with Crippen molar-refractivity contribution in [2.45, 2.75) is 57.8 Å². The predicted molar refractivity (Wildman–Crippen MR) is 81.9 cm³/mol. The fraction of sp³-hybridized carbons (Fsp3) is 0.867. The van der Waals surface area contributed by atoms with E-state index in [2.05, 4.69) is 0 Å². The van der Waals surface area contributed by atoms with Gasteiger partial charge in [-0.15, -0.1) is 0 Å². The molecule has 2 aliphatic carbocycles. The molecule has 1 amide bonds. The van der Waals surface area contributed by atoms with Gasteiger partial charge in [-0.1, -0.05) is 44.3 Å². The first-order valence-corrected chi connectivity index (χ1v) is 8.02. The number of nitrogens with two attached hydrogens (primary N) is 1. The molecule has 3 nitrogen and oxygen atoms in total. The van der Waals surface area contributed by atoms with E-state index in [-0.39, 0.29) is 5.91 Å². The highest BCUT2D eigenvalue weighted by molar-refractivity contribution is 7.80. The van der Waals surface area contributed by atoms with Crippen LogP contribution in [0.4, 0.5) is 0 Å². The van der Waals surface area contributed by atoms with Gasteiger partial charge >= 0.3 is 0 Å². The van der Waals surface area contributed by atoms with Gasteiger partial charge < -0.3 is 10.6 Å². The van der Waals surface area contributed by atoms with E-state index in [1.165, 1.54) is 32.1 Å². The van der Waals surface area contributed by atoms with Crippen LogP contribution in [0.15, 0.2) is 0 Å². The van der Waals surface area contributed by atoms with E-state index in [0.717, 1.165) is 32.2 Å². The summed E-state index contributed by atoms with van der Waals surface area (Å²) >= 11 is 5.24. The van der Waals surface area contributed by atoms with Crippen LogP contribution >= 0.6 is 12.2 Å². The Morgan fingerprint density at radius 1 is 1.21 bits per heavy atom. The number of hydrogen-bond acceptors (Lipinski definition) is 2. The first kappa shape index (κ1) is 14.8. The zero-order chi connectivity index (χ0) is 13.9. The van der Waals surface area contributed by atoms with Crippen molar-refractivity contribution in [3.8, 4) is 0 Å². The molecule has 0 bridgehead atoms. The van der Waals surface area contributed by atoms with E-state index in [1.807, 2.05) is 11.9 Å². The van der Waals surface area contributed by atoms with Gasteiger partial charge in [0.2, 0.25) is 5.91 Å². The van der Waals surface area contributed by atoms with Crippen molar-refractivity contribution in [1.29, 1.82) is 0 Å². The topological polar surface area (TPSA) is 46.3 Å². The molecule has 0 heterocycles. The van der Waals surface area contributed by atoms with Gasteiger partial charge in [-0.3, -0.25) is 4.79 Å². The fourth-order valence-electron chi connectivity index (χ4n) is 3.75. The lowest BCUT2D eigenvalue weighted by Gasteiger charge is -2.38. The molecule has 0 atom stereocenters. The van der Waals surface area contributed by atoms with Gasteiger partial charge in [0.25, 0.3) is 0 Å². The normalized spacial score (nSPS) is 23.2. The Balaban J connectivity index is 2.03. The van der Waals surface area contributed by atoms with Gasteiger partial charge in [0.15, 0.2) is 0 Å². The Kier molecular flexibility index (Phi) is 4.82. The summed E-state index contributed by atoms with van der Waals surface area (Å²) in [5.41, 5.74) is 5.39. The smallest absolute Gasteiger partial charge is 0.235 e. The number of amides is 1. The molecule has 0 spiro atoms. The van der Waals surface area contributed by atoms with Gasteiger partial charge in [-0.2, -0.15) is 0 Å².